The summed E-state index contributed by atoms with van der Waals surface area (Å²) in [4.78, 5) is 0. The molecule has 0 saturated heterocycles. The molecular weight excluding hydrogens is 192 g/mol. The fraction of sp³-hybridized carbons (Fsp3) is 0.909. The lowest BCUT2D eigenvalue weighted by Crippen LogP contribution is -2.46. The summed E-state index contributed by atoms with van der Waals surface area (Å²) in [6.45, 7) is 4.24. The van der Waals surface area contributed by atoms with Gasteiger partial charge in [-0.15, -0.1) is 0 Å². The van der Waals surface area contributed by atoms with Gasteiger partial charge in [-0.2, -0.15) is 0 Å². The Balaban J connectivity index is 1.78. The highest BCUT2D eigenvalue weighted by molar-refractivity contribution is 7.80. The summed E-state index contributed by atoms with van der Waals surface area (Å²) in [5.74, 6) is 1.88. The molecular formula is C11H20N2S. The number of rotatable bonds is 2. The molecule has 0 aromatic rings. The molecule has 0 heterocycles. The molecule has 0 radical (unpaired) electrons. The largest absolute Gasteiger partial charge is 0.361 e. The van der Waals surface area contributed by atoms with Crippen LogP contribution in [-0.4, -0.2) is 17.2 Å². The second-order valence-electron chi connectivity index (χ2n) is 5.05. The van der Waals surface area contributed by atoms with Crippen molar-refractivity contribution in [1.29, 1.82) is 0 Å². The molecule has 14 heavy (non-hydrogen) atoms. The average Bonchev–Trinajstić information content (AvgIpc) is 2.62. The quantitative estimate of drug-likeness (QED) is 0.685. The van der Waals surface area contributed by atoms with Gasteiger partial charge in [-0.05, 0) is 57.2 Å². The van der Waals surface area contributed by atoms with Crippen molar-refractivity contribution in [2.45, 2.75) is 51.6 Å². The number of thiocarbonyl (C=S) groups is 1. The highest BCUT2D eigenvalue weighted by Gasteiger charge is 2.39. The molecule has 3 unspecified atom stereocenters. The second kappa shape index (κ2) is 4.05. The maximum Gasteiger partial charge on any atom is 0.166 e. The molecule has 0 amide bonds. The molecule has 3 atom stereocenters. The van der Waals surface area contributed by atoms with Crippen LogP contribution in [0.5, 0.6) is 0 Å². The Morgan fingerprint density at radius 3 is 2.57 bits per heavy atom. The van der Waals surface area contributed by atoms with E-state index in [1.807, 2.05) is 0 Å². The molecule has 2 N–H and O–H groups in total. The van der Waals surface area contributed by atoms with Crippen LogP contribution in [0, 0.1) is 11.8 Å². The molecule has 0 spiro atoms. The van der Waals surface area contributed by atoms with E-state index < -0.39 is 0 Å². The summed E-state index contributed by atoms with van der Waals surface area (Å²) in [6.07, 6.45) is 5.63. The predicted molar refractivity (Wildman–Crippen MR) is 63.2 cm³/mol. The Hall–Kier alpha value is -0.310. The Kier molecular flexibility index (Phi) is 2.96. The van der Waals surface area contributed by atoms with Gasteiger partial charge in [-0.25, -0.2) is 0 Å². The maximum absolute atomic E-state index is 5.26. The highest BCUT2D eigenvalue weighted by atomic mass is 32.1. The Morgan fingerprint density at radius 1 is 1.29 bits per heavy atom. The van der Waals surface area contributed by atoms with E-state index >= 15 is 0 Å². The van der Waals surface area contributed by atoms with Gasteiger partial charge in [0.05, 0.1) is 0 Å². The Morgan fingerprint density at radius 2 is 2.07 bits per heavy atom. The van der Waals surface area contributed by atoms with Gasteiger partial charge in [0.25, 0.3) is 0 Å². The molecule has 2 aliphatic rings. The SMILES string of the molecule is CC(C)NC(=S)NC1CC2CCC1C2. The van der Waals surface area contributed by atoms with Gasteiger partial charge in [-0.3, -0.25) is 0 Å². The van der Waals surface area contributed by atoms with Crippen molar-refractivity contribution in [3.8, 4) is 0 Å². The summed E-state index contributed by atoms with van der Waals surface area (Å²) in [5.41, 5.74) is 0. The van der Waals surface area contributed by atoms with Gasteiger partial charge in [0.15, 0.2) is 5.11 Å². The number of nitrogens with one attached hydrogen (secondary N) is 2. The lowest BCUT2D eigenvalue weighted by atomic mass is 9.95. The van der Waals surface area contributed by atoms with Gasteiger partial charge in [0.1, 0.15) is 0 Å². The van der Waals surface area contributed by atoms with E-state index in [-0.39, 0.29) is 0 Å². The first-order chi connectivity index (χ1) is 6.65. The molecule has 0 aromatic heterocycles. The van der Waals surface area contributed by atoms with E-state index in [1.165, 1.54) is 25.7 Å². The van der Waals surface area contributed by atoms with Crippen LogP contribution in [0.3, 0.4) is 0 Å². The molecule has 2 nitrogen and oxygen atoms in total. The van der Waals surface area contributed by atoms with Crippen LogP contribution in [-0.2, 0) is 0 Å². The summed E-state index contributed by atoms with van der Waals surface area (Å²) in [5, 5.41) is 7.56. The van der Waals surface area contributed by atoms with Crippen LogP contribution >= 0.6 is 12.2 Å². The van der Waals surface area contributed by atoms with Crippen molar-refractivity contribution >= 4 is 17.3 Å². The third-order valence-electron chi connectivity index (χ3n) is 3.47. The Bertz CT molecular complexity index is 227. The molecule has 2 fully saturated rings. The molecule has 2 bridgehead atoms. The lowest BCUT2D eigenvalue weighted by molar-refractivity contribution is 0.388. The van der Waals surface area contributed by atoms with E-state index in [0.717, 1.165) is 16.9 Å². The van der Waals surface area contributed by atoms with Crippen LogP contribution < -0.4 is 10.6 Å². The summed E-state index contributed by atoms with van der Waals surface area (Å²) < 4.78 is 0. The minimum atomic E-state index is 0.439. The summed E-state index contributed by atoms with van der Waals surface area (Å²) in [6, 6.07) is 1.10. The first-order valence-corrected chi connectivity index (χ1v) is 6.13. The van der Waals surface area contributed by atoms with Gasteiger partial charge < -0.3 is 10.6 Å². The van der Waals surface area contributed by atoms with E-state index in [1.54, 1.807) is 0 Å². The smallest absolute Gasteiger partial charge is 0.166 e. The van der Waals surface area contributed by atoms with E-state index in [0.29, 0.717) is 12.1 Å². The third kappa shape index (κ3) is 2.19. The normalized spacial score (nSPS) is 34.9. The van der Waals surface area contributed by atoms with Gasteiger partial charge in [0.2, 0.25) is 0 Å². The highest BCUT2D eigenvalue weighted by Crippen LogP contribution is 2.44. The van der Waals surface area contributed by atoms with Crippen molar-refractivity contribution in [3.63, 3.8) is 0 Å². The zero-order valence-electron chi connectivity index (χ0n) is 9.05. The first kappa shape index (κ1) is 10.2. The molecule has 80 valence electrons. The van der Waals surface area contributed by atoms with Crippen LogP contribution in [0.4, 0.5) is 0 Å². The molecule has 0 aliphatic heterocycles. The van der Waals surface area contributed by atoms with Crippen molar-refractivity contribution in [3.05, 3.63) is 0 Å². The van der Waals surface area contributed by atoms with Crippen LogP contribution in [0.25, 0.3) is 0 Å². The van der Waals surface area contributed by atoms with Gasteiger partial charge in [-0.1, -0.05) is 6.42 Å². The molecule has 2 rings (SSSR count). The molecule has 3 heteroatoms. The van der Waals surface area contributed by atoms with Gasteiger partial charge in [0, 0.05) is 12.1 Å². The minimum Gasteiger partial charge on any atom is -0.361 e. The van der Waals surface area contributed by atoms with E-state index in [4.69, 9.17) is 12.2 Å². The fourth-order valence-corrected chi connectivity index (χ4v) is 3.28. The fourth-order valence-electron chi connectivity index (χ4n) is 2.89. The van der Waals surface area contributed by atoms with Crippen LogP contribution in [0.2, 0.25) is 0 Å². The lowest BCUT2D eigenvalue weighted by Gasteiger charge is -2.25. The molecule has 2 aliphatic carbocycles. The summed E-state index contributed by atoms with van der Waals surface area (Å²) in [7, 11) is 0. The van der Waals surface area contributed by atoms with Crippen molar-refractivity contribution < 1.29 is 0 Å². The molecule has 2 saturated carbocycles. The Labute approximate surface area is 91.8 Å². The van der Waals surface area contributed by atoms with Crippen molar-refractivity contribution in [2.24, 2.45) is 11.8 Å². The zero-order valence-corrected chi connectivity index (χ0v) is 9.86. The van der Waals surface area contributed by atoms with Crippen LogP contribution in [0.1, 0.15) is 39.5 Å². The molecule has 0 aromatic carbocycles. The number of hydrogen-bond donors (Lipinski definition) is 2. The van der Waals surface area contributed by atoms with Crippen molar-refractivity contribution in [1.82, 2.24) is 10.6 Å². The predicted octanol–water partition coefficient (Wildman–Crippen LogP) is 2.05. The maximum atomic E-state index is 5.26. The zero-order chi connectivity index (χ0) is 10.1. The monoisotopic (exact) mass is 212 g/mol. The van der Waals surface area contributed by atoms with E-state index in [9.17, 15) is 0 Å². The first-order valence-electron chi connectivity index (χ1n) is 5.72. The number of hydrogen-bond acceptors (Lipinski definition) is 1. The van der Waals surface area contributed by atoms with Crippen molar-refractivity contribution in [2.75, 3.05) is 0 Å². The number of fused-ring (bicyclic) bond motifs is 2. The van der Waals surface area contributed by atoms with E-state index in [2.05, 4.69) is 24.5 Å². The van der Waals surface area contributed by atoms with Gasteiger partial charge >= 0.3 is 0 Å². The topological polar surface area (TPSA) is 24.1 Å². The second-order valence-corrected chi connectivity index (χ2v) is 5.46. The average molecular weight is 212 g/mol. The standard InChI is InChI=1S/C11H20N2S/c1-7(2)12-11(14)13-10-6-8-3-4-9(10)5-8/h7-10H,3-6H2,1-2H3,(H2,12,13,14). The van der Waals surface area contributed by atoms with Crippen LogP contribution in [0.15, 0.2) is 0 Å². The minimum absolute atomic E-state index is 0.439. The third-order valence-corrected chi connectivity index (χ3v) is 3.71. The summed E-state index contributed by atoms with van der Waals surface area (Å²) >= 11 is 5.26.